The smallest absolute Gasteiger partial charge is 0.261 e. The van der Waals surface area contributed by atoms with E-state index < -0.39 is 0 Å². The summed E-state index contributed by atoms with van der Waals surface area (Å²) in [6.07, 6.45) is 5.56. The zero-order valence-corrected chi connectivity index (χ0v) is 15.6. The molecule has 1 aromatic carbocycles. The van der Waals surface area contributed by atoms with Crippen molar-refractivity contribution in [3.05, 3.63) is 63.3 Å². The fourth-order valence-corrected chi connectivity index (χ4v) is 4.03. The van der Waals surface area contributed by atoms with Gasteiger partial charge in [0, 0.05) is 34.8 Å². The highest BCUT2D eigenvalue weighted by Crippen LogP contribution is 2.39. The molecule has 1 atom stereocenters. The number of nitrogens with one attached hydrogen (secondary N) is 1. The quantitative estimate of drug-likeness (QED) is 0.739. The van der Waals surface area contributed by atoms with Crippen LogP contribution < -0.4 is 10.1 Å². The van der Waals surface area contributed by atoms with Crippen LogP contribution in [0.3, 0.4) is 0 Å². The Hall–Kier alpha value is -2.44. The van der Waals surface area contributed by atoms with Crippen LogP contribution in [0.15, 0.2) is 43.0 Å². The van der Waals surface area contributed by atoms with Gasteiger partial charge in [-0.2, -0.15) is 0 Å². The molecule has 1 amide bonds. The maximum atomic E-state index is 12.2. The summed E-state index contributed by atoms with van der Waals surface area (Å²) >= 11 is 7.88. The number of carbonyl (C=O) groups is 1. The second-order valence-corrected chi connectivity index (χ2v) is 7.83. The SMILES string of the molecule is Cc1ccc(C(=O)NC[C@H]2Cc3cc(-c4cncnc4)cc(Cl)c3O2)s1. The Labute approximate surface area is 160 Å². The van der Waals surface area contributed by atoms with Gasteiger partial charge in [-0.3, -0.25) is 4.79 Å². The minimum atomic E-state index is -0.130. The lowest BCUT2D eigenvalue weighted by Crippen LogP contribution is -2.34. The Bertz CT molecular complexity index is 959. The number of fused-ring (bicyclic) bond motifs is 1. The van der Waals surface area contributed by atoms with E-state index in [1.807, 2.05) is 31.2 Å². The van der Waals surface area contributed by atoms with Gasteiger partial charge in [-0.05, 0) is 36.8 Å². The van der Waals surface area contributed by atoms with E-state index in [-0.39, 0.29) is 12.0 Å². The highest BCUT2D eigenvalue weighted by Gasteiger charge is 2.26. The van der Waals surface area contributed by atoms with Crippen molar-refractivity contribution >= 4 is 28.8 Å². The highest BCUT2D eigenvalue weighted by molar-refractivity contribution is 7.13. The molecule has 4 rings (SSSR count). The van der Waals surface area contributed by atoms with E-state index >= 15 is 0 Å². The van der Waals surface area contributed by atoms with Gasteiger partial charge in [-0.15, -0.1) is 11.3 Å². The molecule has 0 saturated heterocycles. The van der Waals surface area contributed by atoms with E-state index in [4.69, 9.17) is 16.3 Å². The lowest BCUT2D eigenvalue weighted by molar-refractivity contribution is 0.0937. The third kappa shape index (κ3) is 3.43. The van der Waals surface area contributed by atoms with Crippen molar-refractivity contribution < 1.29 is 9.53 Å². The molecule has 3 aromatic rings. The Kier molecular flexibility index (Phi) is 4.61. The number of nitrogens with zero attached hydrogens (tertiary/aromatic N) is 2. The number of aromatic nitrogens is 2. The molecule has 0 radical (unpaired) electrons. The molecular weight excluding hydrogens is 370 g/mol. The fourth-order valence-electron chi connectivity index (χ4n) is 2.97. The number of ether oxygens (including phenoxy) is 1. The molecule has 7 heteroatoms. The second-order valence-electron chi connectivity index (χ2n) is 6.14. The van der Waals surface area contributed by atoms with E-state index in [0.29, 0.717) is 28.6 Å². The van der Waals surface area contributed by atoms with Crippen molar-refractivity contribution in [1.29, 1.82) is 0 Å². The van der Waals surface area contributed by atoms with Crippen molar-refractivity contribution in [2.24, 2.45) is 0 Å². The van der Waals surface area contributed by atoms with Crippen molar-refractivity contribution in [3.8, 4) is 16.9 Å². The lowest BCUT2D eigenvalue weighted by Gasteiger charge is -2.12. The van der Waals surface area contributed by atoms with Gasteiger partial charge in [0.25, 0.3) is 5.91 Å². The van der Waals surface area contributed by atoms with E-state index in [1.165, 1.54) is 17.7 Å². The third-order valence-corrected chi connectivity index (χ3v) is 5.48. The summed E-state index contributed by atoms with van der Waals surface area (Å²) < 4.78 is 5.95. The molecule has 0 saturated carbocycles. The maximum Gasteiger partial charge on any atom is 0.261 e. The number of thiophene rings is 1. The molecule has 1 N–H and O–H groups in total. The summed E-state index contributed by atoms with van der Waals surface area (Å²) in [6, 6.07) is 7.68. The van der Waals surface area contributed by atoms with Gasteiger partial charge >= 0.3 is 0 Å². The minimum Gasteiger partial charge on any atom is -0.486 e. The van der Waals surface area contributed by atoms with Crippen LogP contribution in [0.2, 0.25) is 5.02 Å². The van der Waals surface area contributed by atoms with Crippen LogP contribution in [0.4, 0.5) is 0 Å². The number of hydrogen-bond acceptors (Lipinski definition) is 5. The number of carbonyl (C=O) groups excluding carboxylic acids is 1. The summed E-state index contributed by atoms with van der Waals surface area (Å²) in [7, 11) is 0. The van der Waals surface area contributed by atoms with Gasteiger partial charge in [0.15, 0.2) is 0 Å². The van der Waals surface area contributed by atoms with Crippen molar-refractivity contribution in [2.45, 2.75) is 19.4 Å². The Morgan fingerprint density at radius 1 is 1.31 bits per heavy atom. The number of hydrogen-bond donors (Lipinski definition) is 1. The summed E-state index contributed by atoms with van der Waals surface area (Å²) in [6.45, 7) is 2.42. The van der Waals surface area contributed by atoms with Crippen molar-refractivity contribution in [2.75, 3.05) is 6.54 Å². The van der Waals surface area contributed by atoms with Crippen LogP contribution >= 0.6 is 22.9 Å². The monoisotopic (exact) mass is 385 g/mol. The van der Waals surface area contributed by atoms with E-state index in [1.54, 1.807) is 12.4 Å². The van der Waals surface area contributed by atoms with Gasteiger partial charge in [0.1, 0.15) is 18.2 Å². The van der Waals surface area contributed by atoms with E-state index in [9.17, 15) is 4.79 Å². The molecule has 0 spiro atoms. The van der Waals surface area contributed by atoms with Crippen LogP contribution in [0.1, 0.15) is 20.1 Å². The van der Waals surface area contributed by atoms with E-state index in [0.717, 1.165) is 21.6 Å². The molecule has 3 heterocycles. The number of aryl methyl sites for hydroxylation is 1. The van der Waals surface area contributed by atoms with Crippen LogP contribution in [0, 0.1) is 6.92 Å². The van der Waals surface area contributed by atoms with E-state index in [2.05, 4.69) is 15.3 Å². The summed E-state index contributed by atoms with van der Waals surface area (Å²) in [5.41, 5.74) is 2.89. The molecule has 2 aromatic heterocycles. The zero-order valence-electron chi connectivity index (χ0n) is 14.0. The average molecular weight is 386 g/mol. The fraction of sp³-hybridized carbons (Fsp3) is 0.211. The van der Waals surface area contributed by atoms with Gasteiger partial charge in [-0.1, -0.05) is 11.6 Å². The number of rotatable bonds is 4. The summed E-state index contributed by atoms with van der Waals surface area (Å²) in [5, 5.41) is 3.50. The number of amides is 1. The second kappa shape index (κ2) is 7.05. The molecule has 1 aliphatic rings. The molecule has 0 bridgehead atoms. The van der Waals surface area contributed by atoms with Crippen LogP contribution in [0.5, 0.6) is 5.75 Å². The molecule has 0 fully saturated rings. The van der Waals surface area contributed by atoms with Crippen molar-refractivity contribution in [3.63, 3.8) is 0 Å². The van der Waals surface area contributed by atoms with Crippen molar-refractivity contribution in [1.82, 2.24) is 15.3 Å². The Balaban J connectivity index is 1.45. The predicted molar refractivity (Wildman–Crippen MR) is 102 cm³/mol. The summed E-state index contributed by atoms with van der Waals surface area (Å²) in [5.74, 6) is 0.620. The van der Waals surface area contributed by atoms with Gasteiger partial charge in [0.05, 0.1) is 16.4 Å². The zero-order chi connectivity index (χ0) is 18.1. The molecule has 0 unspecified atom stereocenters. The highest BCUT2D eigenvalue weighted by atomic mass is 35.5. The minimum absolute atomic E-state index is 0.0733. The topological polar surface area (TPSA) is 64.1 Å². The van der Waals surface area contributed by atoms with Gasteiger partial charge < -0.3 is 10.1 Å². The number of benzene rings is 1. The largest absolute Gasteiger partial charge is 0.486 e. The lowest BCUT2D eigenvalue weighted by atomic mass is 10.0. The molecule has 0 aliphatic carbocycles. The Morgan fingerprint density at radius 2 is 2.12 bits per heavy atom. The number of halogens is 1. The normalized spacial score (nSPS) is 15.4. The first kappa shape index (κ1) is 17.0. The van der Waals surface area contributed by atoms with Crippen LogP contribution in [0.25, 0.3) is 11.1 Å². The third-order valence-electron chi connectivity index (χ3n) is 4.20. The maximum absolute atomic E-state index is 12.2. The molecule has 5 nitrogen and oxygen atoms in total. The predicted octanol–water partition coefficient (Wildman–Crippen LogP) is 3.90. The average Bonchev–Trinajstić information content (AvgIpc) is 3.27. The Morgan fingerprint density at radius 3 is 2.85 bits per heavy atom. The molecular formula is C19H16ClN3O2S. The van der Waals surface area contributed by atoms with Gasteiger partial charge in [-0.25, -0.2) is 9.97 Å². The molecule has 132 valence electrons. The first-order chi connectivity index (χ1) is 12.6. The molecule has 1 aliphatic heterocycles. The standard InChI is InChI=1S/C19H16ClN3O2S/c1-11-2-3-17(26-11)19(24)23-9-15-5-13-4-12(6-16(20)18(13)25-15)14-7-21-10-22-8-14/h2-4,6-8,10,15H,5,9H2,1H3,(H,23,24)/t15-/m1/s1. The first-order valence-electron chi connectivity index (χ1n) is 8.19. The molecule has 26 heavy (non-hydrogen) atoms. The van der Waals surface area contributed by atoms with Crippen LogP contribution in [-0.2, 0) is 6.42 Å². The first-order valence-corrected chi connectivity index (χ1v) is 9.38. The van der Waals surface area contributed by atoms with Crippen LogP contribution in [-0.4, -0.2) is 28.5 Å². The summed E-state index contributed by atoms with van der Waals surface area (Å²) in [4.78, 5) is 22.1. The van der Waals surface area contributed by atoms with Gasteiger partial charge in [0.2, 0.25) is 0 Å².